The topological polar surface area (TPSA) is 68.9 Å². The lowest BCUT2D eigenvalue weighted by Crippen LogP contribution is -2.16. The van der Waals surface area contributed by atoms with Gasteiger partial charge in [-0.2, -0.15) is 0 Å². The van der Waals surface area contributed by atoms with Crippen LogP contribution in [0.25, 0.3) is 0 Å². The summed E-state index contributed by atoms with van der Waals surface area (Å²) >= 11 is 5.70. The molecule has 0 spiro atoms. The molecule has 1 rings (SSSR count). The zero-order chi connectivity index (χ0) is 10.7. The van der Waals surface area contributed by atoms with Crippen molar-refractivity contribution in [2.24, 2.45) is 11.7 Å². The van der Waals surface area contributed by atoms with E-state index in [4.69, 9.17) is 17.3 Å². The monoisotopic (exact) mass is 213 g/mol. The molecule has 0 bridgehead atoms. The molecule has 76 valence electrons. The van der Waals surface area contributed by atoms with Crippen LogP contribution in [0.4, 0.5) is 0 Å². The van der Waals surface area contributed by atoms with Crippen LogP contribution in [0.5, 0.6) is 0 Å². The zero-order valence-corrected chi connectivity index (χ0v) is 8.88. The second-order valence-corrected chi connectivity index (χ2v) is 3.85. The smallest absolute Gasteiger partial charge is 0.268 e. The third-order valence-electron chi connectivity index (χ3n) is 1.62. The SMILES string of the molecule is CC(C)Cc1ncc(Cl)c(C(N)=O)n1. The average Bonchev–Trinajstić information content (AvgIpc) is 2.07. The summed E-state index contributed by atoms with van der Waals surface area (Å²) in [6.07, 6.45) is 2.11. The Balaban J connectivity index is 3.00. The highest BCUT2D eigenvalue weighted by Gasteiger charge is 2.11. The number of amides is 1. The van der Waals surface area contributed by atoms with Gasteiger partial charge in [-0.05, 0) is 5.92 Å². The predicted octanol–water partition coefficient (Wildman–Crippen LogP) is 1.43. The van der Waals surface area contributed by atoms with E-state index in [-0.39, 0.29) is 10.7 Å². The Hall–Kier alpha value is -1.16. The van der Waals surface area contributed by atoms with Gasteiger partial charge in [0.2, 0.25) is 0 Å². The van der Waals surface area contributed by atoms with E-state index in [1.807, 2.05) is 13.8 Å². The quantitative estimate of drug-likeness (QED) is 0.826. The van der Waals surface area contributed by atoms with E-state index >= 15 is 0 Å². The van der Waals surface area contributed by atoms with E-state index < -0.39 is 5.91 Å². The molecule has 0 saturated carbocycles. The first-order valence-corrected chi connectivity index (χ1v) is 4.69. The minimum Gasteiger partial charge on any atom is -0.364 e. The standard InChI is InChI=1S/C9H12ClN3O/c1-5(2)3-7-12-4-6(10)8(13-7)9(11)14/h4-5H,3H2,1-2H3,(H2,11,14). The molecule has 0 unspecified atom stereocenters. The minimum atomic E-state index is -0.623. The van der Waals surface area contributed by atoms with Gasteiger partial charge in [0.05, 0.1) is 11.2 Å². The molecule has 1 aromatic heterocycles. The largest absolute Gasteiger partial charge is 0.364 e. The number of nitrogens with two attached hydrogens (primary N) is 1. The maximum atomic E-state index is 10.9. The van der Waals surface area contributed by atoms with Crippen LogP contribution in [0.15, 0.2) is 6.20 Å². The molecule has 4 nitrogen and oxygen atoms in total. The summed E-state index contributed by atoms with van der Waals surface area (Å²) in [5, 5.41) is 0.199. The fraction of sp³-hybridized carbons (Fsp3) is 0.444. The minimum absolute atomic E-state index is 0.0947. The molecule has 0 saturated heterocycles. The zero-order valence-electron chi connectivity index (χ0n) is 8.12. The number of halogens is 1. The van der Waals surface area contributed by atoms with Gasteiger partial charge in [-0.3, -0.25) is 4.79 Å². The molecule has 0 aliphatic rings. The molecular weight excluding hydrogens is 202 g/mol. The molecule has 0 fully saturated rings. The lowest BCUT2D eigenvalue weighted by Gasteiger charge is -2.04. The van der Waals surface area contributed by atoms with Gasteiger partial charge in [-0.15, -0.1) is 0 Å². The first-order chi connectivity index (χ1) is 6.50. The van der Waals surface area contributed by atoms with E-state index in [1.54, 1.807) is 0 Å². The van der Waals surface area contributed by atoms with E-state index in [2.05, 4.69) is 9.97 Å². The molecule has 0 aliphatic heterocycles. The molecule has 0 aromatic carbocycles. The van der Waals surface area contributed by atoms with Crippen molar-refractivity contribution < 1.29 is 4.79 Å². The van der Waals surface area contributed by atoms with Crippen LogP contribution in [0.2, 0.25) is 5.02 Å². The first kappa shape index (κ1) is 10.9. The van der Waals surface area contributed by atoms with Crippen LogP contribution in [0.1, 0.15) is 30.2 Å². The molecule has 1 heterocycles. The first-order valence-electron chi connectivity index (χ1n) is 4.32. The number of aromatic nitrogens is 2. The van der Waals surface area contributed by atoms with E-state index in [0.717, 1.165) is 0 Å². The maximum absolute atomic E-state index is 10.9. The second kappa shape index (κ2) is 4.37. The molecule has 0 atom stereocenters. The van der Waals surface area contributed by atoms with Crippen molar-refractivity contribution >= 4 is 17.5 Å². The van der Waals surface area contributed by atoms with Gasteiger partial charge in [0, 0.05) is 6.42 Å². The Morgan fingerprint density at radius 3 is 2.79 bits per heavy atom. The van der Waals surface area contributed by atoms with Crippen LogP contribution >= 0.6 is 11.6 Å². The van der Waals surface area contributed by atoms with Crippen LogP contribution < -0.4 is 5.73 Å². The van der Waals surface area contributed by atoms with Crippen molar-refractivity contribution in [1.29, 1.82) is 0 Å². The van der Waals surface area contributed by atoms with Crippen molar-refractivity contribution in [3.63, 3.8) is 0 Å². The third-order valence-corrected chi connectivity index (χ3v) is 1.89. The number of hydrogen-bond acceptors (Lipinski definition) is 3. The van der Waals surface area contributed by atoms with Gasteiger partial charge in [0.1, 0.15) is 11.5 Å². The van der Waals surface area contributed by atoms with E-state index in [1.165, 1.54) is 6.20 Å². The number of primary amides is 1. The number of carbonyl (C=O) groups is 1. The Kier molecular flexibility index (Phi) is 3.41. The van der Waals surface area contributed by atoms with Crippen LogP contribution in [-0.2, 0) is 6.42 Å². The Morgan fingerprint density at radius 2 is 2.29 bits per heavy atom. The Morgan fingerprint density at radius 1 is 1.64 bits per heavy atom. The van der Waals surface area contributed by atoms with Gasteiger partial charge in [0.25, 0.3) is 5.91 Å². The summed E-state index contributed by atoms with van der Waals surface area (Å²) in [6, 6.07) is 0. The summed E-state index contributed by atoms with van der Waals surface area (Å²) in [7, 11) is 0. The third kappa shape index (κ3) is 2.67. The number of rotatable bonds is 3. The van der Waals surface area contributed by atoms with Gasteiger partial charge >= 0.3 is 0 Å². The molecule has 1 aromatic rings. The summed E-state index contributed by atoms with van der Waals surface area (Å²) in [6.45, 7) is 4.09. The Bertz CT molecular complexity index is 352. The van der Waals surface area contributed by atoms with E-state index in [9.17, 15) is 4.79 Å². The highest BCUT2D eigenvalue weighted by atomic mass is 35.5. The predicted molar refractivity (Wildman–Crippen MR) is 54.1 cm³/mol. The molecule has 14 heavy (non-hydrogen) atoms. The Labute approximate surface area is 87.5 Å². The van der Waals surface area contributed by atoms with Gasteiger partial charge in [-0.1, -0.05) is 25.4 Å². The number of nitrogens with zero attached hydrogens (tertiary/aromatic N) is 2. The molecule has 2 N–H and O–H groups in total. The molecule has 0 aliphatic carbocycles. The summed E-state index contributed by atoms with van der Waals surface area (Å²) in [5.41, 5.74) is 5.20. The fourth-order valence-corrected chi connectivity index (χ4v) is 1.22. The molecule has 5 heteroatoms. The highest BCUT2D eigenvalue weighted by molar-refractivity contribution is 6.33. The van der Waals surface area contributed by atoms with Crippen LogP contribution in [0, 0.1) is 5.92 Å². The van der Waals surface area contributed by atoms with Crippen molar-refractivity contribution in [2.45, 2.75) is 20.3 Å². The van der Waals surface area contributed by atoms with Crippen LogP contribution in [0.3, 0.4) is 0 Å². The average molecular weight is 214 g/mol. The molecule has 0 radical (unpaired) electrons. The van der Waals surface area contributed by atoms with Gasteiger partial charge in [-0.25, -0.2) is 9.97 Å². The van der Waals surface area contributed by atoms with Gasteiger partial charge in [0.15, 0.2) is 0 Å². The lowest BCUT2D eigenvalue weighted by atomic mass is 10.1. The molecular formula is C9H12ClN3O. The maximum Gasteiger partial charge on any atom is 0.268 e. The highest BCUT2D eigenvalue weighted by Crippen LogP contribution is 2.12. The van der Waals surface area contributed by atoms with Crippen molar-refractivity contribution in [3.8, 4) is 0 Å². The van der Waals surface area contributed by atoms with Crippen molar-refractivity contribution in [3.05, 3.63) is 22.7 Å². The summed E-state index contributed by atoms with van der Waals surface area (Å²) < 4.78 is 0. The fourth-order valence-electron chi connectivity index (χ4n) is 1.04. The summed E-state index contributed by atoms with van der Waals surface area (Å²) in [4.78, 5) is 18.9. The van der Waals surface area contributed by atoms with Crippen molar-refractivity contribution in [1.82, 2.24) is 9.97 Å². The summed E-state index contributed by atoms with van der Waals surface area (Å²) in [5.74, 6) is 0.400. The van der Waals surface area contributed by atoms with Crippen LogP contribution in [-0.4, -0.2) is 15.9 Å². The second-order valence-electron chi connectivity index (χ2n) is 3.44. The van der Waals surface area contributed by atoms with Gasteiger partial charge < -0.3 is 5.73 Å². The lowest BCUT2D eigenvalue weighted by molar-refractivity contribution is 0.0995. The normalized spacial score (nSPS) is 10.6. The number of hydrogen-bond donors (Lipinski definition) is 1. The van der Waals surface area contributed by atoms with Crippen molar-refractivity contribution in [2.75, 3.05) is 0 Å². The van der Waals surface area contributed by atoms with E-state index in [0.29, 0.717) is 18.2 Å². The molecule has 1 amide bonds. The number of carbonyl (C=O) groups excluding carboxylic acids is 1.